The highest BCUT2D eigenvalue weighted by Crippen LogP contribution is 2.16. The van der Waals surface area contributed by atoms with Crippen LogP contribution in [0.2, 0.25) is 0 Å². The van der Waals surface area contributed by atoms with Crippen LogP contribution in [0.15, 0.2) is 42.2 Å². The van der Waals surface area contributed by atoms with Crippen molar-refractivity contribution in [3.8, 4) is 11.4 Å². The molecule has 1 heterocycles. The molecule has 0 unspecified atom stereocenters. The molecule has 2 N–H and O–H groups in total. The molecule has 0 fully saturated rings. The zero-order valence-electron chi connectivity index (χ0n) is 10.1. The highest BCUT2D eigenvalue weighted by molar-refractivity contribution is 5.60. The van der Waals surface area contributed by atoms with Crippen LogP contribution in [0, 0.1) is 0 Å². The molecule has 2 aromatic rings. The zero-order chi connectivity index (χ0) is 12.3. The molecule has 0 radical (unpaired) electrons. The minimum absolute atomic E-state index is 0.708. The van der Waals surface area contributed by atoms with E-state index < -0.39 is 0 Å². The number of benzene rings is 1. The van der Waals surface area contributed by atoms with Crippen LogP contribution < -0.4 is 5.73 Å². The van der Waals surface area contributed by atoms with Crippen molar-refractivity contribution in [1.82, 2.24) is 14.8 Å². The molecule has 2 rings (SSSR count). The van der Waals surface area contributed by atoms with Gasteiger partial charge in [0.2, 0.25) is 0 Å². The van der Waals surface area contributed by atoms with E-state index in [0.717, 1.165) is 17.8 Å². The molecular weight excluding hydrogens is 212 g/mol. The first-order valence-electron chi connectivity index (χ1n) is 5.54. The Balaban J connectivity index is 2.21. The quantitative estimate of drug-likeness (QED) is 0.648. The number of anilines is 1. The van der Waals surface area contributed by atoms with Gasteiger partial charge in [0, 0.05) is 11.3 Å². The van der Waals surface area contributed by atoms with E-state index in [-0.39, 0.29) is 0 Å². The molecule has 1 aromatic heterocycles. The maximum atomic E-state index is 5.73. The van der Waals surface area contributed by atoms with Gasteiger partial charge in [0.1, 0.15) is 6.33 Å². The average molecular weight is 228 g/mol. The normalized spacial score (nSPS) is 10.2. The summed E-state index contributed by atoms with van der Waals surface area (Å²) >= 11 is 0. The Morgan fingerprint density at radius 1 is 1.41 bits per heavy atom. The number of nitrogens with zero attached hydrogens (tertiary/aromatic N) is 3. The Labute approximate surface area is 101 Å². The van der Waals surface area contributed by atoms with Gasteiger partial charge in [0.05, 0.1) is 6.54 Å². The second-order valence-corrected chi connectivity index (χ2v) is 4.20. The van der Waals surface area contributed by atoms with Gasteiger partial charge in [-0.1, -0.05) is 23.8 Å². The molecule has 0 aliphatic rings. The predicted molar refractivity (Wildman–Crippen MR) is 69.3 cm³/mol. The van der Waals surface area contributed by atoms with E-state index in [1.54, 1.807) is 6.33 Å². The summed E-state index contributed by atoms with van der Waals surface area (Å²) in [6.07, 6.45) is 3.84. The fourth-order valence-corrected chi connectivity index (χ4v) is 1.47. The van der Waals surface area contributed by atoms with Crippen molar-refractivity contribution in [2.75, 3.05) is 5.73 Å². The van der Waals surface area contributed by atoms with Crippen molar-refractivity contribution in [1.29, 1.82) is 0 Å². The van der Waals surface area contributed by atoms with E-state index in [2.05, 4.69) is 30.0 Å². The largest absolute Gasteiger partial charge is 0.399 e. The molecule has 0 spiro atoms. The third kappa shape index (κ3) is 2.93. The first kappa shape index (κ1) is 11.4. The van der Waals surface area contributed by atoms with Gasteiger partial charge >= 0.3 is 0 Å². The van der Waals surface area contributed by atoms with Crippen LogP contribution in [0.1, 0.15) is 13.8 Å². The third-order valence-corrected chi connectivity index (χ3v) is 2.37. The molecule has 0 saturated carbocycles. The van der Waals surface area contributed by atoms with Crippen LogP contribution in [-0.4, -0.2) is 14.8 Å². The topological polar surface area (TPSA) is 56.7 Å². The summed E-state index contributed by atoms with van der Waals surface area (Å²) in [6.45, 7) is 4.88. The lowest BCUT2D eigenvalue weighted by atomic mass is 10.2. The van der Waals surface area contributed by atoms with Gasteiger partial charge in [-0.3, -0.25) is 0 Å². The molecule has 1 aromatic carbocycles. The summed E-state index contributed by atoms with van der Waals surface area (Å²) in [4.78, 5) is 4.27. The summed E-state index contributed by atoms with van der Waals surface area (Å²) in [5.74, 6) is 0.708. The van der Waals surface area contributed by atoms with Crippen molar-refractivity contribution in [3.05, 3.63) is 42.2 Å². The number of nitrogen functional groups attached to an aromatic ring is 1. The van der Waals surface area contributed by atoms with Crippen LogP contribution in [0.5, 0.6) is 0 Å². The monoisotopic (exact) mass is 228 g/mol. The molecule has 4 nitrogen and oxygen atoms in total. The van der Waals surface area contributed by atoms with Crippen molar-refractivity contribution < 1.29 is 0 Å². The van der Waals surface area contributed by atoms with Crippen molar-refractivity contribution in [2.24, 2.45) is 0 Å². The summed E-state index contributed by atoms with van der Waals surface area (Å²) in [5, 5.41) is 4.40. The number of rotatable bonds is 3. The molecule has 0 bridgehead atoms. The molecule has 88 valence electrons. The number of hydrogen-bond acceptors (Lipinski definition) is 3. The Morgan fingerprint density at radius 2 is 2.24 bits per heavy atom. The Hall–Kier alpha value is -2.10. The third-order valence-electron chi connectivity index (χ3n) is 2.37. The predicted octanol–water partition coefficient (Wildman–Crippen LogP) is 2.49. The van der Waals surface area contributed by atoms with Crippen LogP contribution in [-0.2, 0) is 6.54 Å². The standard InChI is InChI=1S/C13H16N4/c1-10(2)6-7-17-9-15-13(16-17)11-4-3-5-12(14)8-11/h3-6,8-9H,7,14H2,1-2H3. The fourth-order valence-electron chi connectivity index (χ4n) is 1.47. The first-order valence-corrected chi connectivity index (χ1v) is 5.54. The SMILES string of the molecule is CC(C)=CCn1cnc(-c2cccc(N)c2)n1. The smallest absolute Gasteiger partial charge is 0.181 e. The van der Waals surface area contributed by atoms with E-state index in [1.807, 2.05) is 28.9 Å². The Morgan fingerprint density at radius 3 is 2.94 bits per heavy atom. The van der Waals surface area contributed by atoms with Crippen LogP contribution in [0.4, 0.5) is 5.69 Å². The molecule has 4 heteroatoms. The Kier molecular flexibility index (Phi) is 3.23. The van der Waals surface area contributed by atoms with Gasteiger partial charge in [-0.2, -0.15) is 5.10 Å². The highest BCUT2D eigenvalue weighted by atomic mass is 15.3. The zero-order valence-corrected chi connectivity index (χ0v) is 10.1. The van der Waals surface area contributed by atoms with E-state index in [9.17, 15) is 0 Å². The number of nitrogens with two attached hydrogens (primary N) is 1. The lowest BCUT2D eigenvalue weighted by Crippen LogP contribution is -1.96. The van der Waals surface area contributed by atoms with E-state index >= 15 is 0 Å². The summed E-state index contributed by atoms with van der Waals surface area (Å²) < 4.78 is 1.81. The van der Waals surface area contributed by atoms with Gasteiger partial charge in [0.25, 0.3) is 0 Å². The maximum Gasteiger partial charge on any atom is 0.181 e. The van der Waals surface area contributed by atoms with E-state index in [0.29, 0.717) is 5.82 Å². The maximum absolute atomic E-state index is 5.73. The first-order chi connectivity index (χ1) is 8.15. The van der Waals surface area contributed by atoms with Crippen LogP contribution in [0.25, 0.3) is 11.4 Å². The molecule has 0 aliphatic carbocycles. The highest BCUT2D eigenvalue weighted by Gasteiger charge is 2.03. The van der Waals surface area contributed by atoms with Crippen molar-refractivity contribution >= 4 is 5.69 Å². The molecule has 0 atom stereocenters. The lowest BCUT2D eigenvalue weighted by Gasteiger charge is -1.97. The van der Waals surface area contributed by atoms with Crippen LogP contribution in [0.3, 0.4) is 0 Å². The Bertz CT molecular complexity index is 536. The lowest BCUT2D eigenvalue weighted by molar-refractivity contribution is 0.699. The molecule has 0 amide bonds. The number of allylic oxidation sites excluding steroid dienone is 2. The second-order valence-electron chi connectivity index (χ2n) is 4.20. The number of hydrogen-bond donors (Lipinski definition) is 1. The summed E-state index contributed by atoms with van der Waals surface area (Å²) in [7, 11) is 0. The number of aromatic nitrogens is 3. The van der Waals surface area contributed by atoms with Gasteiger partial charge in [0.15, 0.2) is 5.82 Å². The minimum Gasteiger partial charge on any atom is -0.399 e. The van der Waals surface area contributed by atoms with Gasteiger partial charge in [-0.25, -0.2) is 9.67 Å². The molecule has 17 heavy (non-hydrogen) atoms. The molecule has 0 aliphatic heterocycles. The minimum atomic E-state index is 0.708. The average Bonchev–Trinajstić information content (AvgIpc) is 2.75. The fraction of sp³-hybridized carbons (Fsp3) is 0.231. The second kappa shape index (κ2) is 4.82. The van der Waals surface area contributed by atoms with E-state index in [1.165, 1.54) is 5.57 Å². The van der Waals surface area contributed by atoms with E-state index in [4.69, 9.17) is 5.73 Å². The summed E-state index contributed by atoms with van der Waals surface area (Å²) in [5.41, 5.74) is 8.67. The van der Waals surface area contributed by atoms with Crippen molar-refractivity contribution in [3.63, 3.8) is 0 Å². The molecule has 0 saturated heterocycles. The van der Waals surface area contributed by atoms with Gasteiger partial charge in [-0.05, 0) is 26.0 Å². The van der Waals surface area contributed by atoms with Gasteiger partial charge in [-0.15, -0.1) is 0 Å². The van der Waals surface area contributed by atoms with Crippen LogP contribution >= 0.6 is 0 Å². The summed E-state index contributed by atoms with van der Waals surface area (Å²) in [6, 6.07) is 7.59. The van der Waals surface area contributed by atoms with Crippen molar-refractivity contribution in [2.45, 2.75) is 20.4 Å². The van der Waals surface area contributed by atoms with Gasteiger partial charge < -0.3 is 5.73 Å². The molecular formula is C13H16N4.